The Labute approximate surface area is 177 Å². The normalized spacial score (nSPS) is 22.4. The van der Waals surface area contributed by atoms with Gasteiger partial charge < -0.3 is 10.2 Å². The van der Waals surface area contributed by atoms with Gasteiger partial charge in [-0.05, 0) is 36.5 Å². The predicted molar refractivity (Wildman–Crippen MR) is 118 cm³/mol. The minimum absolute atomic E-state index is 0.0222. The summed E-state index contributed by atoms with van der Waals surface area (Å²) in [7, 11) is 0. The molecule has 2 amide bonds. The Balaban J connectivity index is 1.52. The molecule has 152 valence electrons. The number of rotatable bonds is 5. The molecule has 1 heterocycles. The van der Waals surface area contributed by atoms with Crippen LogP contribution in [0.3, 0.4) is 0 Å². The predicted octanol–water partition coefficient (Wildman–Crippen LogP) is 4.47. The summed E-state index contributed by atoms with van der Waals surface area (Å²) >= 11 is 1.78. The summed E-state index contributed by atoms with van der Waals surface area (Å²) in [6.07, 6.45) is 6.02. The van der Waals surface area contributed by atoms with Crippen molar-refractivity contribution in [3.05, 3.63) is 71.8 Å². The van der Waals surface area contributed by atoms with E-state index in [0.29, 0.717) is 23.8 Å². The van der Waals surface area contributed by atoms with Gasteiger partial charge in [-0.2, -0.15) is 0 Å². The molecule has 0 unspecified atom stereocenters. The molecule has 0 bridgehead atoms. The van der Waals surface area contributed by atoms with Gasteiger partial charge in [-0.3, -0.25) is 9.59 Å². The van der Waals surface area contributed by atoms with Crippen molar-refractivity contribution in [3.8, 4) is 0 Å². The summed E-state index contributed by atoms with van der Waals surface area (Å²) in [5.74, 6) is 1.07. The van der Waals surface area contributed by atoms with Crippen LogP contribution in [0.15, 0.2) is 60.7 Å². The average molecular weight is 409 g/mol. The first kappa shape index (κ1) is 20.0. The molecule has 1 aliphatic heterocycles. The van der Waals surface area contributed by atoms with Gasteiger partial charge in [-0.25, -0.2) is 0 Å². The number of carbonyl (C=O) groups is 2. The fourth-order valence-electron chi connectivity index (χ4n) is 4.40. The highest BCUT2D eigenvalue weighted by molar-refractivity contribution is 8.00. The summed E-state index contributed by atoms with van der Waals surface area (Å²) in [5, 5.41) is 3.15. The van der Waals surface area contributed by atoms with Crippen LogP contribution in [0.5, 0.6) is 0 Å². The summed E-state index contributed by atoms with van der Waals surface area (Å²) in [6, 6.07) is 18.9. The molecule has 2 atom stereocenters. The Morgan fingerprint density at radius 1 is 0.931 bits per heavy atom. The maximum Gasteiger partial charge on any atom is 0.255 e. The highest BCUT2D eigenvalue weighted by Gasteiger charge is 2.45. The molecular formula is C24H28N2O2S. The van der Waals surface area contributed by atoms with Crippen molar-refractivity contribution < 1.29 is 9.59 Å². The molecule has 1 N–H and O–H groups in total. The Hall–Kier alpha value is -2.27. The third-order valence-corrected chi connectivity index (χ3v) is 7.42. The molecular weight excluding hydrogens is 380 g/mol. The number of benzene rings is 2. The lowest BCUT2D eigenvalue weighted by Crippen LogP contribution is -2.51. The van der Waals surface area contributed by atoms with Crippen LogP contribution >= 0.6 is 11.8 Å². The molecule has 2 fully saturated rings. The first-order valence-electron chi connectivity index (χ1n) is 10.5. The number of carbonyl (C=O) groups excluding carboxylic acids is 2. The van der Waals surface area contributed by atoms with Crippen LogP contribution in [0.25, 0.3) is 0 Å². The van der Waals surface area contributed by atoms with Gasteiger partial charge in [0.25, 0.3) is 5.91 Å². The first-order valence-corrected chi connectivity index (χ1v) is 11.6. The van der Waals surface area contributed by atoms with Crippen molar-refractivity contribution in [2.75, 3.05) is 5.75 Å². The van der Waals surface area contributed by atoms with E-state index < -0.39 is 6.04 Å². The maximum atomic E-state index is 13.4. The Bertz CT molecular complexity index is 821. The summed E-state index contributed by atoms with van der Waals surface area (Å²) in [5.41, 5.74) is 1.73. The number of hydrogen-bond acceptors (Lipinski definition) is 3. The lowest BCUT2D eigenvalue weighted by molar-refractivity contribution is -0.125. The van der Waals surface area contributed by atoms with Crippen molar-refractivity contribution in [2.45, 2.75) is 50.1 Å². The minimum atomic E-state index is -0.414. The number of amides is 2. The lowest BCUT2D eigenvalue weighted by Gasteiger charge is -2.35. The molecule has 0 aromatic heterocycles. The fourth-order valence-corrected chi connectivity index (χ4v) is 6.04. The Morgan fingerprint density at radius 2 is 1.59 bits per heavy atom. The minimum Gasteiger partial charge on any atom is -0.350 e. The summed E-state index contributed by atoms with van der Waals surface area (Å²) < 4.78 is 0. The van der Waals surface area contributed by atoms with Gasteiger partial charge in [0, 0.05) is 17.9 Å². The van der Waals surface area contributed by atoms with E-state index in [4.69, 9.17) is 0 Å². The van der Waals surface area contributed by atoms with E-state index in [1.54, 1.807) is 11.8 Å². The van der Waals surface area contributed by atoms with Crippen LogP contribution in [0.1, 0.15) is 48.0 Å². The second-order valence-electron chi connectivity index (χ2n) is 7.92. The van der Waals surface area contributed by atoms with Crippen LogP contribution in [0, 0.1) is 5.92 Å². The molecule has 1 saturated heterocycles. The van der Waals surface area contributed by atoms with Crippen LogP contribution in [-0.4, -0.2) is 33.9 Å². The van der Waals surface area contributed by atoms with Gasteiger partial charge in [-0.15, -0.1) is 11.8 Å². The lowest BCUT2D eigenvalue weighted by atomic mass is 9.88. The molecule has 1 aliphatic carbocycles. The number of hydrogen-bond donors (Lipinski definition) is 1. The van der Waals surface area contributed by atoms with Gasteiger partial charge in [0.15, 0.2) is 0 Å². The standard InChI is InChI=1S/C24H28N2O2S/c27-22(25-16-18-10-4-1-5-11-18)21-17-29-24(20-14-8-3-9-15-20)26(21)23(28)19-12-6-2-7-13-19/h1-2,4-7,10-13,20-21,24H,3,8-9,14-17H2,(H,25,27)/t21-,24+/m0/s1. The molecule has 1 saturated carbocycles. The molecule has 29 heavy (non-hydrogen) atoms. The van der Waals surface area contributed by atoms with Crippen molar-refractivity contribution >= 4 is 23.6 Å². The number of nitrogens with zero attached hydrogens (tertiary/aromatic N) is 1. The van der Waals surface area contributed by atoms with Gasteiger partial charge >= 0.3 is 0 Å². The van der Waals surface area contributed by atoms with Crippen molar-refractivity contribution in [2.24, 2.45) is 5.92 Å². The van der Waals surface area contributed by atoms with E-state index in [1.807, 2.05) is 65.6 Å². The molecule has 0 radical (unpaired) electrons. The highest BCUT2D eigenvalue weighted by atomic mass is 32.2. The van der Waals surface area contributed by atoms with Crippen LogP contribution < -0.4 is 5.32 Å². The maximum absolute atomic E-state index is 13.4. The third kappa shape index (κ3) is 4.67. The third-order valence-electron chi connectivity index (χ3n) is 5.96. The molecule has 5 heteroatoms. The zero-order valence-electron chi connectivity index (χ0n) is 16.6. The zero-order valence-corrected chi connectivity index (χ0v) is 17.4. The van der Waals surface area contributed by atoms with E-state index >= 15 is 0 Å². The molecule has 2 aromatic carbocycles. The molecule has 2 aromatic rings. The molecule has 0 spiro atoms. The zero-order chi connectivity index (χ0) is 20.1. The van der Waals surface area contributed by atoms with Gasteiger partial charge in [0.1, 0.15) is 6.04 Å². The molecule has 2 aliphatic rings. The largest absolute Gasteiger partial charge is 0.350 e. The monoisotopic (exact) mass is 408 g/mol. The van der Waals surface area contributed by atoms with Gasteiger partial charge in [0.2, 0.25) is 5.91 Å². The molecule has 4 nitrogen and oxygen atoms in total. The van der Waals surface area contributed by atoms with E-state index in [1.165, 1.54) is 19.3 Å². The summed E-state index contributed by atoms with van der Waals surface area (Å²) in [6.45, 7) is 0.488. The van der Waals surface area contributed by atoms with E-state index in [2.05, 4.69) is 5.32 Å². The van der Waals surface area contributed by atoms with Crippen LogP contribution in [0.4, 0.5) is 0 Å². The highest BCUT2D eigenvalue weighted by Crippen LogP contribution is 2.41. The van der Waals surface area contributed by atoms with Crippen molar-refractivity contribution in [1.29, 1.82) is 0 Å². The topological polar surface area (TPSA) is 49.4 Å². The summed E-state index contributed by atoms with van der Waals surface area (Å²) in [4.78, 5) is 28.4. The Morgan fingerprint density at radius 3 is 2.28 bits per heavy atom. The number of nitrogens with one attached hydrogen (secondary N) is 1. The number of thioether (sulfide) groups is 1. The smallest absolute Gasteiger partial charge is 0.255 e. The van der Waals surface area contributed by atoms with Gasteiger partial charge in [-0.1, -0.05) is 67.8 Å². The van der Waals surface area contributed by atoms with Gasteiger partial charge in [0.05, 0.1) is 5.37 Å². The Kier molecular flexibility index (Phi) is 6.55. The van der Waals surface area contributed by atoms with Crippen molar-refractivity contribution in [3.63, 3.8) is 0 Å². The molecule has 4 rings (SSSR count). The SMILES string of the molecule is O=C(NCc1ccccc1)[C@@H]1CS[C@H](C2CCCCC2)N1C(=O)c1ccccc1. The quantitative estimate of drug-likeness (QED) is 0.794. The van der Waals surface area contributed by atoms with E-state index in [-0.39, 0.29) is 17.2 Å². The van der Waals surface area contributed by atoms with E-state index in [9.17, 15) is 9.59 Å². The van der Waals surface area contributed by atoms with E-state index in [0.717, 1.165) is 18.4 Å². The second kappa shape index (κ2) is 9.49. The first-order chi connectivity index (χ1) is 14.2. The van der Waals surface area contributed by atoms with Crippen LogP contribution in [-0.2, 0) is 11.3 Å². The fraction of sp³-hybridized carbons (Fsp3) is 0.417. The average Bonchev–Trinajstić information content (AvgIpc) is 3.24. The van der Waals surface area contributed by atoms with Crippen LogP contribution in [0.2, 0.25) is 0 Å². The van der Waals surface area contributed by atoms with Crippen molar-refractivity contribution in [1.82, 2.24) is 10.2 Å². The second-order valence-corrected chi connectivity index (χ2v) is 9.07.